The second-order valence-electron chi connectivity index (χ2n) is 4.94. The van der Waals surface area contributed by atoms with Gasteiger partial charge in [-0.15, -0.1) is 11.3 Å². The molecule has 0 radical (unpaired) electrons. The summed E-state index contributed by atoms with van der Waals surface area (Å²) in [7, 11) is 0. The molecule has 1 aromatic carbocycles. The molecule has 2 N–H and O–H groups in total. The van der Waals surface area contributed by atoms with Crippen molar-refractivity contribution in [2.45, 2.75) is 6.54 Å². The number of carbonyl (C=O) groups excluding carboxylic acids is 1. The number of benzene rings is 1. The number of anilines is 1. The van der Waals surface area contributed by atoms with Crippen LogP contribution in [0.3, 0.4) is 0 Å². The Hall–Kier alpha value is -3.00. The van der Waals surface area contributed by atoms with Gasteiger partial charge in [-0.2, -0.15) is 5.10 Å². The van der Waals surface area contributed by atoms with Gasteiger partial charge in [-0.25, -0.2) is 13.9 Å². The first-order chi connectivity index (χ1) is 11.5. The van der Waals surface area contributed by atoms with Crippen LogP contribution >= 0.6 is 11.3 Å². The van der Waals surface area contributed by atoms with Crippen LogP contribution in [-0.4, -0.2) is 26.8 Å². The van der Waals surface area contributed by atoms with Gasteiger partial charge in [0, 0.05) is 6.07 Å². The Labute approximate surface area is 140 Å². The lowest BCUT2D eigenvalue weighted by Gasteiger charge is -2.08. The van der Waals surface area contributed by atoms with Gasteiger partial charge in [0.15, 0.2) is 5.69 Å². The second-order valence-corrected chi connectivity index (χ2v) is 5.88. The van der Waals surface area contributed by atoms with E-state index in [1.807, 2.05) is 0 Å². The van der Waals surface area contributed by atoms with Crippen molar-refractivity contribution in [3.8, 4) is 0 Å². The minimum atomic E-state index is -1.19. The normalized spacial score (nSPS) is 10.5. The number of hydrogen-bond acceptors (Lipinski definition) is 4. The van der Waals surface area contributed by atoms with Crippen molar-refractivity contribution in [3.63, 3.8) is 0 Å². The number of halogens is 1. The van der Waals surface area contributed by atoms with Crippen LogP contribution in [0.1, 0.15) is 25.7 Å². The second kappa shape index (κ2) is 6.63. The van der Waals surface area contributed by atoms with Crippen molar-refractivity contribution in [1.82, 2.24) is 9.78 Å². The fourth-order valence-electron chi connectivity index (χ4n) is 2.09. The van der Waals surface area contributed by atoms with Crippen LogP contribution < -0.4 is 5.32 Å². The first kappa shape index (κ1) is 15.9. The molecule has 0 atom stereocenters. The number of nitrogens with one attached hydrogen (secondary N) is 1. The average molecular weight is 345 g/mol. The molecule has 0 aliphatic heterocycles. The molecule has 8 heteroatoms. The molecule has 0 unspecified atom stereocenters. The minimum Gasteiger partial charge on any atom is -0.476 e. The highest BCUT2D eigenvalue weighted by Gasteiger charge is 2.16. The van der Waals surface area contributed by atoms with Crippen LogP contribution in [-0.2, 0) is 6.54 Å². The average Bonchev–Trinajstić information content (AvgIpc) is 3.20. The smallest absolute Gasteiger partial charge is 0.356 e. The first-order valence-electron chi connectivity index (χ1n) is 6.93. The lowest BCUT2D eigenvalue weighted by atomic mass is 10.2. The summed E-state index contributed by atoms with van der Waals surface area (Å²) in [5, 5.41) is 17.5. The third kappa shape index (κ3) is 3.49. The predicted octanol–water partition coefficient (Wildman–Crippen LogP) is 3.08. The van der Waals surface area contributed by atoms with Crippen LogP contribution in [0.4, 0.5) is 10.2 Å². The van der Waals surface area contributed by atoms with E-state index in [4.69, 9.17) is 5.11 Å². The van der Waals surface area contributed by atoms with Gasteiger partial charge in [0.25, 0.3) is 5.91 Å². The van der Waals surface area contributed by atoms with Crippen molar-refractivity contribution < 1.29 is 19.1 Å². The summed E-state index contributed by atoms with van der Waals surface area (Å²) < 4.78 is 14.4. The fraction of sp³-hybridized carbons (Fsp3) is 0.0625. The van der Waals surface area contributed by atoms with Gasteiger partial charge < -0.3 is 10.4 Å². The summed E-state index contributed by atoms with van der Waals surface area (Å²) in [6, 6.07) is 10.5. The minimum absolute atomic E-state index is 0.182. The Morgan fingerprint density at radius 1 is 1.25 bits per heavy atom. The van der Waals surface area contributed by atoms with Gasteiger partial charge in [0.2, 0.25) is 0 Å². The Morgan fingerprint density at radius 3 is 2.62 bits per heavy atom. The molecule has 1 amide bonds. The molecular formula is C16H12FN3O3S. The molecule has 2 heterocycles. The van der Waals surface area contributed by atoms with Gasteiger partial charge >= 0.3 is 5.97 Å². The zero-order valence-electron chi connectivity index (χ0n) is 12.3. The van der Waals surface area contributed by atoms with Crippen LogP contribution in [0.2, 0.25) is 0 Å². The van der Waals surface area contributed by atoms with Crippen molar-refractivity contribution in [2.24, 2.45) is 0 Å². The van der Waals surface area contributed by atoms with E-state index in [2.05, 4.69) is 10.4 Å². The highest BCUT2D eigenvalue weighted by atomic mass is 32.1. The fourth-order valence-corrected chi connectivity index (χ4v) is 2.71. The lowest BCUT2D eigenvalue weighted by Crippen LogP contribution is -2.15. The summed E-state index contributed by atoms with van der Waals surface area (Å²) in [5.74, 6) is -1.64. The molecule has 3 rings (SSSR count). The molecule has 0 aliphatic carbocycles. The van der Waals surface area contributed by atoms with E-state index in [0.29, 0.717) is 4.88 Å². The molecule has 0 saturated heterocycles. The van der Waals surface area contributed by atoms with Gasteiger partial charge in [-0.05, 0) is 29.1 Å². The van der Waals surface area contributed by atoms with Crippen LogP contribution in [0.25, 0.3) is 0 Å². The summed E-state index contributed by atoms with van der Waals surface area (Å²) in [5.41, 5.74) is 0.543. The zero-order valence-corrected chi connectivity index (χ0v) is 13.1. The van der Waals surface area contributed by atoms with Crippen LogP contribution in [0.5, 0.6) is 0 Å². The maximum absolute atomic E-state index is 13.0. The number of aromatic carboxylic acids is 1. The van der Waals surface area contributed by atoms with E-state index < -0.39 is 5.97 Å². The monoisotopic (exact) mass is 345 g/mol. The van der Waals surface area contributed by atoms with Gasteiger partial charge in [-0.1, -0.05) is 18.2 Å². The number of aromatic nitrogens is 2. The molecule has 122 valence electrons. The molecule has 6 nitrogen and oxygen atoms in total. The van der Waals surface area contributed by atoms with E-state index >= 15 is 0 Å². The molecule has 24 heavy (non-hydrogen) atoms. The molecular weight excluding hydrogens is 333 g/mol. The zero-order chi connectivity index (χ0) is 17.1. The van der Waals surface area contributed by atoms with E-state index in [1.54, 1.807) is 29.6 Å². The van der Waals surface area contributed by atoms with E-state index in [-0.39, 0.29) is 29.8 Å². The van der Waals surface area contributed by atoms with Crippen LogP contribution in [0.15, 0.2) is 47.8 Å². The topological polar surface area (TPSA) is 84.2 Å². The molecule has 0 fully saturated rings. The number of thiophene rings is 1. The molecule has 0 aliphatic rings. The third-order valence-corrected chi connectivity index (χ3v) is 4.10. The van der Waals surface area contributed by atoms with Crippen molar-refractivity contribution in [2.75, 3.05) is 5.32 Å². The highest BCUT2D eigenvalue weighted by Crippen LogP contribution is 2.17. The summed E-state index contributed by atoms with van der Waals surface area (Å²) in [4.78, 5) is 23.8. The van der Waals surface area contributed by atoms with Gasteiger partial charge in [0.05, 0.1) is 11.4 Å². The molecule has 0 saturated carbocycles. The van der Waals surface area contributed by atoms with Crippen molar-refractivity contribution in [1.29, 1.82) is 0 Å². The maximum Gasteiger partial charge on any atom is 0.356 e. The number of rotatable bonds is 5. The van der Waals surface area contributed by atoms with Crippen LogP contribution in [0, 0.1) is 5.82 Å². The van der Waals surface area contributed by atoms with E-state index in [9.17, 15) is 14.0 Å². The number of carboxylic acid groups (broad SMARTS) is 1. The standard InChI is InChI=1S/C16H12FN3O3S/c17-11-5-3-10(4-6-11)9-20-14(8-12(19-20)16(22)23)18-15(21)13-2-1-7-24-13/h1-8H,9H2,(H,18,21)(H,22,23). The highest BCUT2D eigenvalue weighted by molar-refractivity contribution is 7.12. The number of hydrogen-bond donors (Lipinski definition) is 2. The first-order valence-corrected chi connectivity index (χ1v) is 7.81. The summed E-state index contributed by atoms with van der Waals surface area (Å²) in [6.45, 7) is 0.202. The lowest BCUT2D eigenvalue weighted by molar-refractivity contribution is 0.0689. The quantitative estimate of drug-likeness (QED) is 0.744. The Balaban J connectivity index is 1.88. The van der Waals surface area contributed by atoms with E-state index in [0.717, 1.165) is 5.56 Å². The largest absolute Gasteiger partial charge is 0.476 e. The molecule has 3 aromatic rings. The van der Waals surface area contributed by atoms with Crippen molar-refractivity contribution >= 4 is 29.0 Å². The SMILES string of the molecule is O=C(O)c1cc(NC(=O)c2cccs2)n(Cc2ccc(F)cc2)n1. The Kier molecular flexibility index (Phi) is 4.39. The van der Waals surface area contributed by atoms with Crippen molar-refractivity contribution in [3.05, 3.63) is 69.8 Å². The number of nitrogens with zero attached hydrogens (tertiary/aromatic N) is 2. The van der Waals surface area contributed by atoms with E-state index in [1.165, 1.54) is 34.2 Å². The number of carbonyl (C=O) groups is 2. The third-order valence-electron chi connectivity index (χ3n) is 3.23. The number of amides is 1. The van der Waals surface area contributed by atoms with Gasteiger partial charge in [-0.3, -0.25) is 4.79 Å². The Morgan fingerprint density at radius 2 is 2.00 bits per heavy atom. The maximum atomic E-state index is 13.0. The Bertz CT molecular complexity index is 873. The van der Waals surface area contributed by atoms with Gasteiger partial charge in [0.1, 0.15) is 11.6 Å². The molecule has 2 aromatic heterocycles. The number of carboxylic acids is 1. The molecule has 0 spiro atoms. The predicted molar refractivity (Wildman–Crippen MR) is 87.0 cm³/mol. The summed E-state index contributed by atoms with van der Waals surface area (Å²) >= 11 is 1.28. The summed E-state index contributed by atoms with van der Waals surface area (Å²) in [6.07, 6.45) is 0. The molecule has 0 bridgehead atoms.